The van der Waals surface area contributed by atoms with Crippen LogP contribution in [-0.4, -0.2) is 17.1 Å². The average Bonchev–Trinajstić information content (AvgIpc) is 2.86. The molecule has 1 fully saturated rings. The number of aromatic nitrogens is 1. The second-order valence-electron chi connectivity index (χ2n) is 5.44. The molecule has 0 aliphatic heterocycles. The van der Waals surface area contributed by atoms with Crippen molar-refractivity contribution in [2.75, 3.05) is 5.32 Å². The number of pyridine rings is 1. The lowest BCUT2D eigenvalue weighted by Crippen LogP contribution is -2.21. The number of nitrogens with two attached hydrogens (primary N) is 1. The first kappa shape index (κ1) is 13.9. The van der Waals surface area contributed by atoms with Gasteiger partial charge < -0.3 is 11.1 Å². The maximum Gasteiger partial charge on any atom is 0.134 e. The molecule has 0 bridgehead atoms. The molecule has 110 valence electrons. The molecule has 0 spiro atoms. The van der Waals surface area contributed by atoms with Gasteiger partial charge in [-0.1, -0.05) is 6.07 Å². The number of halogens is 2. The zero-order valence-electron chi connectivity index (χ0n) is 11.5. The molecule has 0 unspecified atom stereocenters. The lowest BCUT2D eigenvalue weighted by molar-refractivity contribution is 0.589. The van der Waals surface area contributed by atoms with Crippen molar-refractivity contribution in [1.82, 2.24) is 4.98 Å². The van der Waals surface area contributed by atoms with Crippen LogP contribution in [0.4, 0.5) is 14.6 Å². The Morgan fingerprint density at radius 2 is 1.86 bits per heavy atom. The van der Waals surface area contributed by atoms with Gasteiger partial charge in [0.25, 0.3) is 0 Å². The van der Waals surface area contributed by atoms with Crippen LogP contribution in [0.5, 0.6) is 0 Å². The van der Waals surface area contributed by atoms with Gasteiger partial charge in [-0.25, -0.2) is 13.8 Å². The quantitative estimate of drug-likeness (QED) is 0.911. The largest absolute Gasteiger partial charge is 0.367 e. The molecule has 0 saturated heterocycles. The summed E-state index contributed by atoms with van der Waals surface area (Å²) in [4.78, 5) is 4.24. The highest BCUT2D eigenvalue weighted by Gasteiger charge is 2.21. The summed E-state index contributed by atoms with van der Waals surface area (Å²) in [5.41, 5.74) is 6.26. The van der Waals surface area contributed by atoms with Gasteiger partial charge in [0.2, 0.25) is 0 Å². The van der Waals surface area contributed by atoms with E-state index in [1.54, 1.807) is 12.1 Å². The first-order valence-electron chi connectivity index (χ1n) is 7.06. The summed E-state index contributed by atoms with van der Waals surface area (Å²) in [7, 11) is 0. The fourth-order valence-electron chi connectivity index (χ4n) is 2.76. The molecule has 1 saturated carbocycles. The molecular weight excluding hydrogens is 272 g/mol. The number of nitrogens with zero attached hydrogens (tertiary/aromatic N) is 1. The number of hydrogen-bond donors (Lipinski definition) is 2. The molecule has 1 aromatic carbocycles. The standard InChI is InChI=1S/C16H17F2N3/c17-13-2-1-3-14(18)16(13)10-4-7-15(20-9-10)21-12-6-5-11(19)8-12/h1-4,7,9,11-12H,5-6,8,19H2,(H,20,21)/t11-,12-/m0/s1. The van der Waals surface area contributed by atoms with Gasteiger partial charge in [0, 0.05) is 23.8 Å². The van der Waals surface area contributed by atoms with Gasteiger partial charge in [0.15, 0.2) is 0 Å². The third kappa shape index (κ3) is 3.03. The van der Waals surface area contributed by atoms with Crippen molar-refractivity contribution in [3.8, 4) is 11.1 Å². The summed E-state index contributed by atoms with van der Waals surface area (Å²) in [6.07, 6.45) is 4.44. The molecule has 1 aromatic heterocycles. The molecule has 0 amide bonds. The number of anilines is 1. The Balaban J connectivity index is 1.78. The van der Waals surface area contributed by atoms with Gasteiger partial charge >= 0.3 is 0 Å². The Kier molecular flexibility index (Phi) is 3.84. The molecule has 0 radical (unpaired) electrons. The summed E-state index contributed by atoms with van der Waals surface area (Å²) >= 11 is 0. The second kappa shape index (κ2) is 5.77. The van der Waals surface area contributed by atoms with Crippen molar-refractivity contribution in [1.29, 1.82) is 0 Å². The minimum Gasteiger partial charge on any atom is -0.367 e. The van der Waals surface area contributed by atoms with Gasteiger partial charge in [-0.3, -0.25) is 0 Å². The van der Waals surface area contributed by atoms with E-state index in [-0.39, 0.29) is 11.6 Å². The van der Waals surface area contributed by atoms with Crippen LogP contribution in [0, 0.1) is 11.6 Å². The summed E-state index contributed by atoms with van der Waals surface area (Å²) in [5, 5.41) is 3.30. The number of rotatable bonds is 3. The summed E-state index contributed by atoms with van der Waals surface area (Å²) in [6.45, 7) is 0. The van der Waals surface area contributed by atoms with E-state index in [2.05, 4.69) is 10.3 Å². The molecule has 3 rings (SSSR count). The number of benzene rings is 1. The van der Waals surface area contributed by atoms with Gasteiger partial charge in [0.1, 0.15) is 17.5 Å². The topological polar surface area (TPSA) is 50.9 Å². The minimum atomic E-state index is -0.584. The third-order valence-electron chi connectivity index (χ3n) is 3.84. The van der Waals surface area contributed by atoms with Crippen LogP contribution in [0.25, 0.3) is 11.1 Å². The fraction of sp³-hybridized carbons (Fsp3) is 0.312. The second-order valence-corrected chi connectivity index (χ2v) is 5.44. The molecule has 2 atom stereocenters. The molecule has 3 nitrogen and oxygen atoms in total. The number of nitrogens with one attached hydrogen (secondary N) is 1. The Labute approximate surface area is 122 Å². The van der Waals surface area contributed by atoms with E-state index < -0.39 is 11.6 Å². The maximum absolute atomic E-state index is 13.7. The Bertz CT molecular complexity index is 608. The summed E-state index contributed by atoms with van der Waals surface area (Å²) in [5.74, 6) is -0.465. The molecule has 1 aliphatic carbocycles. The van der Waals surface area contributed by atoms with Crippen molar-refractivity contribution >= 4 is 5.82 Å². The molecule has 1 heterocycles. The molecule has 21 heavy (non-hydrogen) atoms. The molecule has 5 heteroatoms. The van der Waals surface area contributed by atoms with Crippen molar-refractivity contribution in [2.24, 2.45) is 5.73 Å². The normalized spacial score (nSPS) is 21.5. The molecule has 3 N–H and O–H groups in total. The lowest BCUT2D eigenvalue weighted by Gasteiger charge is -2.13. The van der Waals surface area contributed by atoms with Gasteiger partial charge in [0.05, 0.1) is 5.56 Å². The summed E-state index contributed by atoms with van der Waals surface area (Å²) in [6, 6.07) is 7.81. The third-order valence-corrected chi connectivity index (χ3v) is 3.84. The van der Waals surface area contributed by atoms with E-state index in [4.69, 9.17) is 5.73 Å². The Hall–Kier alpha value is -2.01. The first-order valence-corrected chi connectivity index (χ1v) is 7.06. The fourth-order valence-corrected chi connectivity index (χ4v) is 2.76. The first-order chi connectivity index (χ1) is 10.1. The Morgan fingerprint density at radius 3 is 2.43 bits per heavy atom. The highest BCUT2D eigenvalue weighted by molar-refractivity contribution is 5.65. The molecule has 1 aliphatic rings. The predicted octanol–water partition coefficient (Wildman–Crippen LogP) is 3.32. The average molecular weight is 289 g/mol. The van der Waals surface area contributed by atoms with Gasteiger partial charge in [-0.15, -0.1) is 0 Å². The van der Waals surface area contributed by atoms with Crippen LogP contribution in [0.3, 0.4) is 0 Å². The number of hydrogen-bond acceptors (Lipinski definition) is 3. The highest BCUT2D eigenvalue weighted by Crippen LogP contribution is 2.27. The van der Waals surface area contributed by atoms with Crippen molar-refractivity contribution in [3.05, 3.63) is 48.2 Å². The highest BCUT2D eigenvalue weighted by atomic mass is 19.1. The van der Waals surface area contributed by atoms with E-state index in [0.717, 1.165) is 19.3 Å². The SMILES string of the molecule is N[C@H]1CC[C@H](Nc2ccc(-c3c(F)cccc3F)cn2)C1. The van der Waals surface area contributed by atoms with Crippen molar-refractivity contribution in [3.63, 3.8) is 0 Å². The molecule has 2 aromatic rings. The summed E-state index contributed by atoms with van der Waals surface area (Å²) < 4.78 is 27.4. The van der Waals surface area contributed by atoms with Crippen LogP contribution in [0.2, 0.25) is 0 Å². The van der Waals surface area contributed by atoms with Crippen molar-refractivity contribution < 1.29 is 8.78 Å². The molecular formula is C16H17F2N3. The van der Waals surface area contributed by atoms with E-state index >= 15 is 0 Å². The van der Waals surface area contributed by atoms with Gasteiger partial charge in [-0.05, 0) is 43.5 Å². The Morgan fingerprint density at radius 1 is 1.10 bits per heavy atom. The van der Waals surface area contributed by atoms with E-state index in [1.807, 2.05) is 0 Å². The zero-order chi connectivity index (χ0) is 14.8. The van der Waals surface area contributed by atoms with Crippen LogP contribution < -0.4 is 11.1 Å². The van der Waals surface area contributed by atoms with Crippen LogP contribution in [0.1, 0.15) is 19.3 Å². The minimum absolute atomic E-state index is 0.0422. The van der Waals surface area contributed by atoms with Crippen LogP contribution in [0.15, 0.2) is 36.5 Å². The lowest BCUT2D eigenvalue weighted by atomic mass is 10.1. The zero-order valence-corrected chi connectivity index (χ0v) is 11.5. The smallest absolute Gasteiger partial charge is 0.134 e. The maximum atomic E-state index is 13.7. The van der Waals surface area contributed by atoms with E-state index in [0.29, 0.717) is 17.4 Å². The van der Waals surface area contributed by atoms with Crippen LogP contribution >= 0.6 is 0 Å². The van der Waals surface area contributed by atoms with E-state index in [9.17, 15) is 8.78 Å². The van der Waals surface area contributed by atoms with Gasteiger partial charge in [-0.2, -0.15) is 0 Å². The van der Waals surface area contributed by atoms with Crippen molar-refractivity contribution in [2.45, 2.75) is 31.3 Å². The predicted molar refractivity (Wildman–Crippen MR) is 78.8 cm³/mol. The van der Waals surface area contributed by atoms with Crippen LogP contribution in [-0.2, 0) is 0 Å². The monoisotopic (exact) mass is 289 g/mol. The van der Waals surface area contributed by atoms with E-state index in [1.165, 1.54) is 24.4 Å².